The Morgan fingerprint density at radius 1 is 1.21 bits per heavy atom. The number of halogens is 3. The third-order valence-corrected chi connectivity index (χ3v) is 4.77. The largest absolute Gasteiger partial charge is 0.507 e. The van der Waals surface area contributed by atoms with E-state index >= 15 is 0 Å². The van der Waals surface area contributed by atoms with E-state index in [1.54, 1.807) is 19.1 Å². The van der Waals surface area contributed by atoms with E-state index in [-0.39, 0.29) is 36.4 Å². The molecule has 0 aliphatic carbocycles. The number of benzene rings is 2. The molecule has 2 aromatic rings. The van der Waals surface area contributed by atoms with Crippen molar-refractivity contribution in [3.63, 3.8) is 0 Å². The van der Waals surface area contributed by atoms with Crippen molar-refractivity contribution in [3.8, 4) is 5.75 Å². The molecule has 1 atom stereocenters. The quantitative estimate of drug-likeness (QED) is 0.839. The maximum atomic E-state index is 13.1. The number of aromatic hydroxyl groups is 1. The van der Waals surface area contributed by atoms with Crippen LogP contribution in [0.15, 0.2) is 42.5 Å². The summed E-state index contributed by atoms with van der Waals surface area (Å²) in [5.41, 5.74) is -0.198. The number of carbonyl (C=O) groups excluding carboxylic acids is 2. The lowest BCUT2D eigenvalue weighted by Gasteiger charge is -2.20. The molecule has 148 valence electrons. The molecule has 2 amide bonds. The second-order valence-electron chi connectivity index (χ2n) is 6.70. The fourth-order valence-electron chi connectivity index (χ4n) is 3.25. The van der Waals surface area contributed by atoms with Crippen LogP contribution in [-0.2, 0) is 17.5 Å². The van der Waals surface area contributed by atoms with Gasteiger partial charge in [0.1, 0.15) is 11.8 Å². The summed E-state index contributed by atoms with van der Waals surface area (Å²) in [6, 6.07) is 8.97. The van der Waals surface area contributed by atoms with Crippen molar-refractivity contribution in [2.75, 3.05) is 6.54 Å². The minimum absolute atomic E-state index is 0.00616. The van der Waals surface area contributed by atoms with Crippen molar-refractivity contribution < 1.29 is 27.9 Å². The first-order chi connectivity index (χ1) is 13.2. The van der Waals surface area contributed by atoms with E-state index in [4.69, 9.17) is 0 Å². The highest BCUT2D eigenvalue weighted by atomic mass is 19.4. The van der Waals surface area contributed by atoms with Crippen LogP contribution < -0.4 is 5.32 Å². The summed E-state index contributed by atoms with van der Waals surface area (Å²) in [6.07, 6.45) is -4.22. The molecule has 1 fully saturated rings. The lowest BCUT2D eigenvalue weighted by Crippen LogP contribution is -2.41. The van der Waals surface area contributed by atoms with Crippen LogP contribution in [0.3, 0.4) is 0 Å². The summed E-state index contributed by atoms with van der Waals surface area (Å²) in [6.45, 7) is 1.69. The smallest absolute Gasteiger partial charge is 0.416 e. The van der Waals surface area contributed by atoms with Crippen LogP contribution in [0.1, 0.15) is 33.5 Å². The SMILES string of the molecule is Cc1cccc(C(=O)NC2CCN(Cc3ccccc3C(F)(F)F)C2=O)c1O. The number of hydrogen-bond acceptors (Lipinski definition) is 3. The number of hydrogen-bond donors (Lipinski definition) is 2. The molecule has 1 unspecified atom stereocenters. The van der Waals surface area contributed by atoms with Crippen molar-refractivity contribution >= 4 is 11.8 Å². The Hall–Kier alpha value is -3.03. The Morgan fingerprint density at radius 2 is 1.93 bits per heavy atom. The number of likely N-dealkylation sites (tertiary alicyclic amines) is 1. The topological polar surface area (TPSA) is 69.6 Å². The zero-order chi connectivity index (χ0) is 20.5. The monoisotopic (exact) mass is 392 g/mol. The zero-order valence-corrected chi connectivity index (χ0v) is 15.1. The number of phenolic OH excluding ortho intramolecular Hbond substituents is 1. The third kappa shape index (κ3) is 3.95. The first-order valence-electron chi connectivity index (χ1n) is 8.72. The predicted molar refractivity (Wildman–Crippen MR) is 95.6 cm³/mol. The normalized spacial score (nSPS) is 17.1. The summed E-state index contributed by atoms with van der Waals surface area (Å²) in [7, 11) is 0. The average molecular weight is 392 g/mol. The molecule has 0 bridgehead atoms. The Morgan fingerprint density at radius 3 is 2.64 bits per heavy atom. The van der Waals surface area contributed by atoms with Crippen molar-refractivity contribution in [1.82, 2.24) is 10.2 Å². The van der Waals surface area contributed by atoms with Crippen molar-refractivity contribution in [3.05, 3.63) is 64.7 Å². The lowest BCUT2D eigenvalue weighted by atomic mass is 10.1. The van der Waals surface area contributed by atoms with Gasteiger partial charge in [0, 0.05) is 13.1 Å². The Bertz CT molecular complexity index is 912. The number of nitrogens with zero attached hydrogens (tertiary/aromatic N) is 1. The molecule has 8 heteroatoms. The number of aryl methyl sites for hydroxylation is 1. The molecule has 3 rings (SSSR count). The number of alkyl halides is 3. The highest BCUT2D eigenvalue weighted by Crippen LogP contribution is 2.33. The molecular weight excluding hydrogens is 373 g/mol. The van der Waals surface area contributed by atoms with Gasteiger partial charge in [-0.1, -0.05) is 30.3 Å². The highest BCUT2D eigenvalue weighted by molar-refractivity contribution is 6.00. The van der Waals surface area contributed by atoms with Crippen molar-refractivity contribution in [2.24, 2.45) is 0 Å². The Balaban J connectivity index is 1.71. The van der Waals surface area contributed by atoms with Gasteiger partial charge in [0.2, 0.25) is 5.91 Å². The molecule has 0 aromatic heterocycles. The van der Waals surface area contributed by atoms with Gasteiger partial charge in [0.15, 0.2) is 0 Å². The number of rotatable bonds is 4. The molecule has 1 aliphatic rings. The summed E-state index contributed by atoms with van der Waals surface area (Å²) >= 11 is 0. The number of carbonyl (C=O) groups is 2. The van der Waals surface area contributed by atoms with E-state index in [0.29, 0.717) is 5.56 Å². The van der Waals surface area contributed by atoms with Crippen LogP contribution in [0, 0.1) is 6.92 Å². The van der Waals surface area contributed by atoms with E-state index in [9.17, 15) is 27.9 Å². The molecular formula is C20H19F3N2O3. The maximum Gasteiger partial charge on any atom is 0.416 e. The van der Waals surface area contributed by atoms with Gasteiger partial charge in [-0.05, 0) is 36.6 Å². The first kappa shape index (κ1) is 19.7. The van der Waals surface area contributed by atoms with E-state index in [1.807, 2.05) is 0 Å². The van der Waals surface area contributed by atoms with E-state index in [0.717, 1.165) is 6.07 Å². The number of amides is 2. The van der Waals surface area contributed by atoms with Crippen LogP contribution in [0.2, 0.25) is 0 Å². The Kier molecular flexibility index (Phi) is 5.31. The molecule has 0 spiro atoms. The molecule has 2 aromatic carbocycles. The Labute approximate surface area is 159 Å². The second kappa shape index (κ2) is 7.53. The highest BCUT2D eigenvalue weighted by Gasteiger charge is 2.37. The fraction of sp³-hybridized carbons (Fsp3) is 0.300. The summed E-state index contributed by atoms with van der Waals surface area (Å²) in [4.78, 5) is 26.2. The van der Waals surface area contributed by atoms with Crippen LogP contribution in [-0.4, -0.2) is 34.4 Å². The van der Waals surface area contributed by atoms with Crippen LogP contribution in [0.5, 0.6) is 5.75 Å². The molecule has 5 nitrogen and oxygen atoms in total. The summed E-state index contributed by atoms with van der Waals surface area (Å²) in [5.74, 6) is -1.21. The first-order valence-corrected chi connectivity index (χ1v) is 8.72. The summed E-state index contributed by atoms with van der Waals surface area (Å²) in [5, 5.41) is 12.6. The molecule has 1 aliphatic heterocycles. The molecule has 2 N–H and O–H groups in total. The van der Waals surface area contributed by atoms with E-state index in [2.05, 4.69) is 5.32 Å². The van der Waals surface area contributed by atoms with Crippen LogP contribution >= 0.6 is 0 Å². The van der Waals surface area contributed by atoms with Crippen LogP contribution in [0.4, 0.5) is 13.2 Å². The summed E-state index contributed by atoms with van der Waals surface area (Å²) < 4.78 is 39.4. The van der Waals surface area contributed by atoms with Crippen molar-refractivity contribution in [1.29, 1.82) is 0 Å². The van der Waals surface area contributed by atoms with Gasteiger partial charge >= 0.3 is 6.18 Å². The fourth-order valence-corrected chi connectivity index (χ4v) is 3.25. The van der Waals surface area contributed by atoms with Gasteiger partial charge in [0.05, 0.1) is 11.1 Å². The lowest BCUT2D eigenvalue weighted by molar-refractivity contribution is -0.139. The molecule has 0 saturated carbocycles. The van der Waals surface area contributed by atoms with Gasteiger partial charge in [0.25, 0.3) is 5.91 Å². The van der Waals surface area contributed by atoms with Gasteiger partial charge in [-0.3, -0.25) is 9.59 Å². The minimum atomic E-state index is -4.50. The predicted octanol–water partition coefficient (Wildman–Crippen LogP) is 3.25. The van der Waals surface area contributed by atoms with E-state index in [1.165, 1.54) is 29.2 Å². The standard InChI is InChI=1S/C20H19F3N2O3/c1-12-5-4-7-14(17(12)26)18(27)24-16-9-10-25(19(16)28)11-13-6-2-3-8-15(13)20(21,22)23/h2-8,16,26H,9-11H2,1H3,(H,24,27). The van der Waals surface area contributed by atoms with Gasteiger partial charge in [-0.25, -0.2) is 0 Å². The van der Waals surface area contributed by atoms with Crippen LogP contribution in [0.25, 0.3) is 0 Å². The maximum absolute atomic E-state index is 13.1. The van der Waals surface area contributed by atoms with E-state index < -0.39 is 29.6 Å². The molecule has 1 heterocycles. The molecule has 1 saturated heterocycles. The number of nitrogens with one attached hydrogen (secondary N) is 1. The molecule has 28 heavy (non-hydrogen) atoms. The van der Waals surface area contributed by atoms with Crippen molar-refractivity contribution in [2.45, 2.75) is 32.1 Å². The third-order valence-electron chi connectivity index (χ3n) is 4.77. The van der Waals surface area contributed by atoms with Gasteiger partial charge in [-0.15, -0.1) is 0 Å². The number of phenols is 1. The minimum Gasteiger partial charge on any atom is -0.507 e. The average Bonchev–Trinajstić information content (AvgIpc) is 2.97. The number of para-hydroxylation sites is 1. The van der Waals surface area contributed by atoms with Gasteiger partial charge < -0.3 is 15.3 Å². The molecule has 0 radical (unpaired) electrons. The second-order valence-corrected chi connectivity index (χ2v) is 6.70. The van der Waals surface area contributed by atoms with Gasteiger partial charge in [-0.2, -0.15) is 13.2 Å². The zero-order valence-electron chi connectivity index (χ0n) is 15.1.